The number of thiophene rings is 1. The first-order valence-electron chi connectivity index (χ1n) is 7.70. The Balaban J connectivity index is 1.67. The molecule has 1 aromatic heterocycles. The molecule has 1 saturated carbocycles. The summed E-state index contributed by atoms with van der Waals surface area (Å²) in [5, 5.41) is 2.09. The van der Waals surface area contributed by atoms with Gasteiger partial charge >= 0.3 is 0 Å². The van der Waals surface area contributed by atoms with E-state index in [-0.39, 0.29) is 5.54 Å². The van der Waals surface area contributed by atoms with Gasteiger partial charge in [0, 0.05) is 24.4 Å². The van der Waals surface area contributed by atoms with Crippen molar-refractivity contribution in [3.8, 4) is 0 Å². The van der Waals surface area contributed by atoms with Crippen LogP contribution in [0.25, 0.3) is 0 Å². The molecule has 20 heavy (non-hydrogen) atoms. The van der Waals surface area contributed by atoms with E-state index in [1.807, 2.05) is 0 Å². The summed E-state index contributed by atoms with van der Waals surface area (Å²) in [5.41, 5.74) is -0.166. The number of hydrogen-bond acceptors (Lipinski definition) is 4. The predicted octanol–water partition coefficient (Wildman–Crippen LogP) is 2.89. The van der Waals surface area contributed by atoms with Gasteiger partial charge in [0.15, 0.2) is 5.78 Å². The van der Waals surface area contributed by atoms with Crippen LogP contribution in [0.5, 0.6) is 0 Å². The van der Waals surface area contributed by atoms with Crippen molar-refractivity contribution in [2.75, 3.05) is 26.3 Å². The normalized spacial score (nSPS) is 23.0. The quantitative estimate of drug-likeness (QED) is 0.836. The van der Waals surface area contributed by atoms with Crippen molar-refractivity contribution >= 4 is 17.1 Å². The number of rotatable bonds is 5. The maximum absolute atomic E-state index is 12.9. The molecule has 2 heterocycles. The van der Waals surface area contributed by atoms with E-state index in [0.29, 0.717) is 12.2 Å². The second-order valence-corrected chi connectivity index (χ2v) is 6.87. The number of Topliss-reactive ketones (excluding diaryl/α,β-unsaturated/α-hetero) is 1. The number of aryl methyl sites for hydroxylation is 1. The third-order valence-corrected chi connectivity index (χ3v) is 5.68. The zero-order chi connectivity index (χ0) is 13.8. The maximum Gasteiger partial charge on any atom is 0.153 e. The molecule has 0 radical (unpaired) electrons. The smallest absolute Gasteiger partial charge is 0.153 e. The fourth-order valence-electron chi connectivity index (χ4n) is 3.65. The van der Waals surface area contributed by atoms with E-state index in [1.54, 1.807) is 11.3 Å². The van der Waals surface area contributed by atoms with Gasteiger partial charge in [-0.15, -0.1) is 11.3 Å². The zero-order valence-electron chi connectivity index (χ0n) is 12.0. The van der Waals surface area contributed by atoms with E-state index in [0.717, 1.165) is 45.6 Å². The first-order chi connectivity index (χ1) is 9.81. The molecule has 1 aromatic rings. The van der Waals surface area contributed by atoms with Crippen molar-refractivity contribution in [3.05, 3.63) is 22.4 Å². The number of carbonyl (C=O) groups excluding carboxylic acids is 1. The van der Waals surface area contributed by atoms with Crippen molar-refractivity contribution in [3.63, 3.8) is 0 Å². The fourth-order valence-corrected chi connectivity index (χ4v) is 4.36. The highest BCUT2D eigenvalue weighted by Crippen LogP contribution is 2.37. The van der Waals surface area contributed by atoms with E-state index in [1.165, 1.54) is 17.7 Å². The molecule has 3 nitrogen and oxygen atoms in total. The Hall–Kier alpha value is -0.710. The Labute approximate surface area is 124 Å². The third kappa shape index (κ3) is 2.83. The maximum atomic E-state index is 12.9. The predicted molar refractivity (Wildman–Crippen MR) is 81.2 cm³/mol. The third-order valence-electron chi connectivity index (χ3n) is 4.74. The molecule has 4 heteroatoms. The number of ether oxygens (including phenoxy) is 1. The molecule has 0 unspecified atom stereocenters. The van der Waals surface area contributed by atoms with Gasteiger partial charge < -0.3 is 4.74 Å². The first-order valence-corrected chi connectivity index (χ1v) is 8.58. The van der Waals surface area contributed by atoms with Crippen LogP contribution < -0.4 is 0 Å². The van der Waals surface area contributed by atoms with Crippen LogP contribution in [-0.2, 0) is 16.0 Å². The lowest BCUT2D eigenvalue weighted by molar-refractivity contribution is -0.134. The molecule has 0 N–H and O–H groups in total. The van der Waals surface area contributed by atoms with Gasteiger partial charge in [0.2, 0.25) is 0 Å². The average molecular weight is 293 g/mol. The van der Waals surface area contributed by atoms with Crippen LogP contribution in [0.2, 0.25) is 0 Å². The van der Waals surface area contributed by atoms with Crippen LogP contribution in [0.15, 0.2) is 17.5 Å². The fraction of sp³-hybridized carbons (Fsp3) is 0.688. The Morgan fingerprint density at radius 1 is 1.30 bits per heavy atom. The summed E-state index contributed by atoms with van der Waals surface area (Å²) in [4.78, 5) is 16.6. The molecular formula is C16H23NO2S. The molecule has 0 spiro atoms. The van der Waals surface area contributed by atoms with E-state index >= 15 is 0 Å². The number of hydrogen-bond donors (Lipinski definition) is 0. The largest absolute Gasteiger partial charge is 0.379 e. The highest BCUT2D eigenvalue weighted by molar-refractivity contribution is 7.09. The highest BCUT2D eigenvalue weighted by atomic mass is 32.1. The van der Waals surface area contributed by atoms with Crippen LogP contribution in [0.3, 0.4) is 0 Å². The highest BCUT2D eigenvalue weighted by Gasteiger charge is 2.45. The molecule has 2 fully saturated rings. The van der Waals surface area contributed by atoms with Gasteiger partial charge in [0.25, 0.3) is 0 Å². The van der Waals surface area contributed by atoms with Gasteiger partial charge in [-0.3, -0.25) is 9.69 Å². The SMILES string of the molecule is O=C(CCc1cccs1)C1(N2CCOCC2)CCCC1. The first kappa shape index (κ1) is 14.2. The number of nitrogens with zero attached hydrogens (tertiary/aromatic N) is 1. The van der Waals surface area contributed by atoms with E-state index in [9.17, 15) is 4.79 Å². The van der Waals surface area contributed by atoms with Gasteiger partial charge in [0.1, 0.15) is 0 Å². The molecule has 2 aliphatic rings. The van der Waals surface area contributed by atoms with E-state index in [4.69, 9.17) is 4.74 Å². The van der Waals surface area contributed by atoms with Gasteiger partial charge in [-0.2, -0.15) is 0 Å². The summed E-state index contributed by atoms with van der Waals surface area (Å²) in [6.07, 6.45) is 6.09. The minimum atomic E-state index is -0.166. The molecule has 0 bridgehead atoms. The molecule has 1 saturated heterocycles. The Kier molecular flexibility index (Phi) is 4.54. The number of morpholine rings is 1. The van der Waals surface area contributed by atoms with Gasteiger partial charge in [-0.05, 0) is 30.7 Å². The van der Waals surface area contributed by atoms with Crippen LogP contribution in [0.4, 0.5) is 0 Å². The Bertz CT molecular complexity index is 431. The average Bonchev–Trinajstić information content (AvgIpc) is 3.18. The molecule has 0 amide bonds. The minimum absolute atomic E-state index is 0.166. The van der Waals surface area contributed by atoms with E-state index < -0.39 is 0 Å². The number of ketones is 1. The Morgan fingerprint density at radius 3 is 2.70 bits per heavy atom. The number of carbonyl (C=O) groups is 1. The van der Waals surface area contributed by atoms with Gasteiger partial charge in [0.05, 0.1) is 18.8 Å². The van der Waals surface area contributed by atoms with Crippen molar-refractivity contribution in [2.45, 2.75) is 44.1 Å². The molecule has 1 aliphatic heterocycles. The summed E-state index contributed by atoms with van der Waals surface area (Å²) in [6.45, 7) is 3.40. The topological polar surface area (TPSA) is 29.5 Å². The monoisotopic (exact) mass is 293 g/mol. The summed E-state index contributed by atoms with van der Waals surface area (Å²) < 4.78 is 5.45. The van der Waals surface area contributed by atoms with Crippen LogP contribution in [0, 0.1) is 0 Å². The lowest BCUT2D eigenvalue weighted by Crippen LogP contribution is -2.56. The standard InChI is InChI=1S/C16H23NO2S/c18-15(6-5-14-4-3-13-20-14)16(7-1-2-8-16)17-9-11-19-12-10-17/h3-4,13H,1-2,5-12H2. The summed E-state index contributed by atoms with van der Waals surface area (Å²) >= 11 is 1.76. The second-order valence-electron chi connectivity index (χ2n) is 5.84. The lowest BCUT2D eigenvalue weighted by Gasteiger charge is -2.42. The zero-order valence-corrected chi connectivity index (χ0v) is 12.8. The molecule has 0 atom stereocenters. The molecule has 1 aliphatic carbocycles. The van der Waals surface area contributed by atoms with Gasteiger partial charge in [-0.25, -0.2) is 0 Å². The van der Waals surface area contributed by atoms with E-state index in [2.05, 4.69) is 22.4 Å². The summed E-state index contributed by atoms with van der Waals surface area (Å²) in [7, 11) is 0. The molecule has 110 valence electrons. The van der Waals surface area contributed by atoms with Crippen molar-refractivity contribution in [1.29, 1.82) is 0 Å². The van der Waals surface area contributed by atoms with Crippen LogP contribution >= 0.6 is 11.3 Å². The van der Waals surface area contributed by atoms with Crippen LogP contribution in [-0.4, -0.2) is 42.5 Å². The van der Waals surface area contributed by atoms with Gasteiger partial charge in [-0.1, -0.05) is 18.9 Å². The van der Waals surface area contributed by atoms with Crippen molar-refractivity contribution in [1.82, 2.24) is 4.90 Å². The molecular weight excluding hydrogens is 270 g/mol. The lowest BCUT2D eigenvalue weighted by atomic mass is 9.86. The second kappa shape index (κ2) is 6.37. The Morgan fingerprint density at radius 2 is 2.05 bits per heavy atom. The molecule has 0 aromatic carbocycles. The summed E-state index contributed by atoms with van der Waals surface area (Å²) in [6, 6.07) is 4.20. The summed E-state index contributed by atoms with van der Waals surface area (Å²) in [5.74, 6) is 0.463. The minimum Gasteiger partial charge on any atom is -0.379 e. The van der Waals surface area contributed by atoms with Crippen molar-refractivity contribution < 1.29 is 9.53 Å². The molecule has 3 rings (SSSR count). The van der Waals surface area contributed by atoms with Crippen LogP contribution in [0.1, 0.15) is 37.0 Å². The van der Waals surface area contributed by atoms with Crippen molar-refractivity contribution in [2.24, 2.45) is 0 Å².